The van der Waals surface area contributed by atoms with E-state index in [0.717, 1.165) is 21.0 Å². The van der Waals surface area contributed by atoms with E-state index in [4.69, 9.17) is 9.47 Å². The summed E-state index contributed by atoms with van der Waals surface area (Å²) in [5.41, 5.74) is 1.35. The number of nitrogens with zero attached hydrogens (tertiary/aromatic N) is 2. The summed E-state index contributed by atoms with van der Waals surface area (Å²) in [6, 6.07) is 22.7. The highest BCUT2D eigenvalue weighted by Crippen LogP contribution is 2.51. The van der Waals surface area contributed by atoms with Crippen LogP contribution in [-0.2, 0) is 20.4 Å². The molecule has 2 aliphatic heterocycles. The fourth-order valence-corrected chi connectivity index (χ4v) is 7.37. The third kappa shape index (κ3) is 4.69. The van der Waals surface area contributed by atoms with E-state index in [-0.39, 0.29) is 16.5 Å². The number of methoxy groups -OCH3 is 1. The van der Waals surface area contributed by atoms with Crippen molar-refractivity contribution in [3.8, 4) is 11.6 Å². The molecule has 4 aromatic rings. The number of carbonyl (C=O) groups is 1. The normalized spacial score (nSPS) is 18.4. The fraction of sp³-hybridized carbons (Fsp3) is 0.226. The van der Waals surface area contributed by atoms with Crippen LogP contribution in [0.1, 0.15) is 29.5 Å². The average molecular weight is 697 g/mol. The number of sulfonamides is 1. The van der Waals surface area contributed by atoms with E-state index >= 15 is 0 Å². The summed E-state index contributed by atoms with van der Waals surface area (Å²) in [5.74, 6) is 0.505. The summed E-state index contributed by atoms with van der Waals surface area (Å²) >= 11 is 2.17. The van der Waals surface area contributed by atoms with E-state index in [0.29, 0.717) is 35.1 Å². The molecule has 3 heterocycles. The highest BCUT2D eigenvalue weighted by Gasteiger charge is 2.58. The molecule has 2 N–H and O–H groups in total. The van der Waals surface area contributed by atoms with Crippen LogP contribution in [0.3, 0.4) is 0 Å². The second-order valence-corrected chi connectivity index (χ2v) is 13.1. The Labute approximate surface area is 258 Å². The van der Waals surface area contributed by atoms with Crippen LogP contribution < -0.4 is 24.4 Å². The molecule has 0 bridgehead atoms. The van der Waals surface area contributed by atoms with E-state index in [1.54, 1.807) is 42.6 Å². The zero-order chi connectivity index (χ0) is 29.5. The number of halogens is 1. The van der Waals surface area contributed by atoms with Gasteiger partial charge in [-0.05, 0) is 102 Å². The minimum Gasteiger partial charge on any atom is -0.497 e. The first-order chi connectivity index (χ1) is 20.3. The molecular weight excluding hydrogens is 667 g/mol. The van der Waals surface area contributed by atoms with E-state index in [2.05, 4.69) is 38.2 Å². The van der Waals surface area contributed by atoms with Crippen LogP contribution in [0.4, 0.5) is 11.4 Å². The molecule has 0 spiro atoms. The number of aromatic nitrogens is 1. The number of rotatable bonds is 9. The summed E-state index contributed by atoms with van der Waals surface area (Å²) in [6.07, 6.45) is 1.59. The summed E-state index contributed by atoms with van der Waals surface area (Å²) in [5, 5.41) is 6.75. The smallest absolute Gasteiger partial charge is 0.276 e. The van der Waals surface area contributed by atoms with Crippen LogP contribution in [0.25, 0.3) is 0 Å². The monoisotopic (exact) mass is 696 g/mol. The maximum Gasteiger partial charge on any atom is 0.276 e. The number of anilines is 2. The van der Waals surface area contributed by atoms with Crippen molar-refractivity contribution in [2.45, 2.75) is 23.3 Å². The Balaban J connectivity index is 1.56. The predicted octanol–water partition coefficient (Wildman–Crippen LogP) is 4.87. The minimum atomic E-state index is -4.33. The lowest BCUT2D eigenvalue weighted by molar-refractivity contribution is -0.120. The quantitative estimate of drug-likeness (QED) is 0.239. The number of amides is 1. The van der Waals surface area contributed by atoms with Gasteiger partial charge in [-0.25, -0.2) is 13.4 Å². The van der Waals surface area contributed by atoms with Crippen molar-refractivity contribution >= 4 is 49.9 Å². The van der Waals surface area contributed by atoms with Gasteiger partial charge in [-0.15, -0.1) is 0 Å². The number of hydrogen-bond acceptors (Lipinski definition) is 8. The Morgan fingerprint density at radius 1 is 1.05 bits per heavy atom. The van der Waals surface area contributed by atoms with Crippen molar-refractivity contribution in [2.75, 3.05) is 36.4 Å². The summed E-state index contributed by atoms with van der Waals surface area (Å²) < 4.78 is 41.3. The molecule has 1 unspecified atom stereocenters. The zero-order valence-electron chi connectivity index (χ0n) is 23.0. The molecule has 1 aromatic heterocycles. The maximum absolute atomic E-state index is 14.9. The highest BCUT2D eigenvalue weighted by molar-refractivity contribution is 14.1. The molecule has 1 amide bonds. The number of pyridine rings is 1. The maximum atomic E-state index is 14.9. The Kier molecular flexibility index (Phi) is 7.58. The minimum absolute atomic E-state index is 0.0355. The lowest BCUT2D eigenvalue weighted by Gasteiger charge is -2.33. The van der Waals surface area contributed by atoms with Crippen molar-refractivity contribution in [3.63, 3.8) is 0 Å². The topological polar surface area (TPSA) is 110 Å². The van der Waals surface area contributed by atoms with Gasteiger partial charge in [-0.1, -0.05) is 12.1 Å². The molecule has 0 saturated carbocycles. The predicted molar refractivity (Wildman–Crippen MR) is 169 cm³/mol. The SMILES string of the molecule is CCOc1ncccc1C1(Nc2ccc(C3CNC3)cc2)C(=O)N(S(=O)(=O)c2ccc(OC)cc2)c2ccc(I)cc21. The number of fused-ring (bicyclic) bond motifs is 1. The molecule has 42 heavy (non-hydrogen) atoms. The first kappa shape index (κ1) is 28.4. The van der Waals surface area contributed by atoms with E-state index < -0.39 is 21.5 Å². The fourth-order valence-electron chi connectivity index (χ4n) is 5.41. The van der Waals surface area contributed by atoms with Gasteiger partial charge in [-0.2, -0.15) is 4.31 Å². The molecule has 1 atom stereocenters. The summed E-state index contributed by atoms with van der Waals surface area (Å²) in [4.78, 5) is 19.3. The van der Waals surface area contributed by atoms with E-state index in [9.17, 15) is 13.2 Å². The number of ether oxygens (including phenoxy) is 2. The van der Waals surface area contributed by atoms with Crippen LogP contribution in [-0.4, -0.2) is 46.1 Å². The first-order valence-electron chi connectivity index (χ1n) is 13.5. The molecule has 216 valence electrons. The second-order valence-electron chi connectivity index (χ2n) is 10.1. The largest absolute Gasteiger partial charge is 0.497 e. The van der Waals surface area contributed by atoms with Gasteiger partial charge in [0.05, 0.1) is 29.9 Å². The molecule has 1 fully saturated rings. The van der Waals surface area contributed by atoms with Crippen molar-refractivity contribution in [3.05, 3.63) is 105 Å². The van der Waals surface area contributed by atoms with Crippen LogP contribution >= 0.6 is 22.6 Å². The van der Waals surface area contributed by atoms with Crippen LogP contribution in [0.2, 0.25) is 0 Å². The number of hydrogen-bond donors (Lipinski definition) is 2. The molecule has 11 heteroatoms. The lowest BCUT2D eigenvalue weighted by atomic mass is 9.83. The molecule has 0 aliphatic carbocycles. The van der Waals surface area contributed by atoms with Crippen LogP contribution in [0.15, 0.2) is 90.0 Å². The molecule has 1 saturated heterocycles. The third-order valence-corrected chi connectivity index (χ3v) is 10.0. The Hall–Kier alpha value is -3.68. The van der Waals surface area contributed by atoms with Crippen molar-refractivity contribution < 1.29 is 22.7 Å². The van der Waals surface area contributed by atoms with Crippen LogP contribution in [0.5, 0.6) is 11.6 Å². The molecule has 9 nitrogen and oxygen atoms in total. The highest BCUT2D eigenvalue weighted by atomic mass is 127. The van der Waals surface area contributed by atoms with Gasteiger partial charge in [0.2, 0.25) is 5.88 Å². The zero-order valence-corrected chi connectivity index (χ0v) is 26.0. The Bertz CT molecular complexity index is 1740. The van der Waals surface area contributed by atoms with Gasteiger partial charge >= 0.3 is 0 Å². The molecule has 2 aliphatic rings. The van der Waals surface area contributed by atoms with Crippen molar-refractivity contribution in [1.29, 1.82) is 0 Å². The molecule has 3 aromatic carbocycles. The van der Waals surface area contributed by atoms with E-state index in [1.165, 1.54) is 24.8 Å². The van der Waals surface area contributed by atoms with E-state index in [1.807, 2.05) is 37.3 Å². The Morgan fingerprint density at radius 3 is 2.43 bits per heavy atom. The third-order valence-electron chi connectivity index (χ3n) is 7.64. The number of carbonyl (C=O) groups excluding carboxylic acids is 1. The van der Waals surface area contributed by atoms with Crippen molar-refractivity contribution in [1.82, 2.24) is 10.3 Å². The van der Waals surface area contributed by atoms with Gasteiger partial charge in [0.25, 0.3) is 15.9 Å². The number of nitrogens with one attached hydrogen (secondary N) is 2. The van der Waals surface area contributed by atoms with Gasteiger partial charge in [0.1, 0.15) is 5.75 Å². The molecule has 6 rings (SSSR count). The average Bonchev–Trinajstić information content (AvgIpc) is 3.21. The lowest BCUT2D eigenvalue weighted by Crippen LogP contribution is -2.49. The van der Waals surface area contributed by atoms with Crippen molar-refractivity contribution in [2.24, 2.45) is 0 Å². The summed E-state index contributed by atoms with van der Waals surface area (Å²) in [6.45, 7) is 3.99. The number of benzene rings is 3. The first-order valence-corrected chi connectivity index (χ1v) is 16.0. The molecule has 0 radical (unpaired) electrons. The van der Waals surface area contributed by atoms with Gasteiger partial charge in [0.15, 0.2) is 5.54 Å². The molecular formula is C31H29IN4O5S. The van der Waals surface area contributed by atoms with Gasteiger partial charge in [0, 0.05) is 40.0 Å². The second kappa shape index (κ2) is 11.2. The van der Waals surface area contributed by atoms with Gasteiger partial charge in [-0.3, -0.25) is 4.79 Å². The van der Waals surface area contributed by atoms with Crippen LogP contribution in [0, 0.1) is 3.57 Å². The Morgan fingerprint density at radius 2 is 1.79 bits per heavy atom. The van der Waals surface area contributed by atoms with Gasteiger partial charge < -0.3 is 20.1 Å². The standard InChI is InChI=1S/C31H29IN4O5S/c1-3-41-29-26(5-4-16-34-29)31(35-23-9-6-20(7-10-23)21-18-33-19-21)27-17-22(32)8-15-28(27)36(30(31)37)42(38,39)25-13-11-24(40-2)12-14-25/h4-17,21,33,35H,3,18-19H2,1-2H3. The summed E-state index contributed by atoms with van der Waals surface area (Å²) in [7, 11) is -2.83.